The summed E-state index contributed by atoms with van der Waals surface area (Å²) in [5.41, 5.74) is 1.29. The molecule has 1 N–H and O–H groups in total. The van der Waals surface area contributed by atoms with Crippen LogP contribution in [0.25, 0.3) is 16.8 Å². The molecule has 1 aliphatic rings. The Labute approximate surface area is 210 Å². The summed E-state index contributed by atoms with van der Waals surface area (Å²) in [6.45, 7) is -0.0583. The fraction of sp³-hybridized carbons (Fsp3) is 0.107. The Kier molecular flexibility index (Phi) is 6.42. The molecular formula is C28H21FN2O6. The zero-order chi connectivity index (χ0) is 25.9. The van der Waals surface area contributed by atoms with E-state index in [0.717, 1.165) is 15.7 Å². The van der Waals surface area contributed by atoms with Crippen LogP contribution in [0, 0.1) is 5.82 Å². The molecule has 0 radical (unpaired) electrons. The van der Waals surface area contributed by atoms with Crippen LogP contribution in [0.1, 0.15) is 27.4 Å². The predicted octanol–water partition coefficient (Wildman–Crippen LogP) is 5.03. The topological polar surface area (TPSA) is 98.1 Å². The third kappa shape index (κ3) is 4.92. The van der Waals surface area contributed by atoms with Crippen LogP contribution in [0.15, 0.2) is 82.9 Å². The monoisotopic (exact) mass is 500 g/mol. The summed E-state index contributed by atoms with van der Waals surface area (Å²) < 4.78 is 29.6. The standard InChI is InChI=1S/C28H21FN2O6/c1-35-27(33)25-12-10-20(37-25)15-31-26(32)23(30-28(31)34)14-22-21-8-3-2-6-18(21)9-11-24(22)36-16-17-5-4-7-19(29)13-17/h2-14H,15-16H2,1H3,(H,30,34). The summed E-state index contributed by atoms with van der Waals surface area (Å²) in [6.07, 6.45) is 1.56. The van der Waals surface area contributed by atoms with Crippen molar-refractivity contribution in [2.24, 2.45) is 0 Å². The fourth-order valence-corrected chi connectivity index (χ4v) is 4.03. The lowest BCUT2D eigenvalue weighted by atomic mass is 10.0. The number of rotatable bonds is 7. The molecule has 0 unspecified atom stereocenters. The summed E-state index contributed by atoms with van der Waals surface area (Å²) in [4.78, 5) is 38.4. The number of methoxy groups -OCH3 is 1. The molecule has 186 valence electrons. The smallest absolute Gasteiger partial charge is 0.373 e. The minimum absolute atomic E-state index is 0.0313. The fourth-order valence-electron chi connectivity index (χ4n) is 4.03. The lowest BCUT2D eigenvalue weighted by Gasteiger charge is -2.13. The van der Waals surface area contributed by atoms with Crippen LogP contribution < -0.4 is 10.1 Å². The Balaban J connectivity index is 1.44. The maximum atomic E-state index is 13.6. The zero-order valence-corrected chi connectivity index (χ0v) is 19.7. The second-order valence-electron chi connectivity index (χ2n) is 8.25. The van der Waals surface area contributed by atoms with Gasteiger partial charge in [-0.15, -0.1) is 0 Å². The maximum Gasteiger partial charge on any atom is 0.373 e. The van der Waals surface area contributed by atoms with Gasteiger partial charge in [-0.2, -0.15) is 0 Å². The van der Waals surface area contributed by atoms with Gasteiger partial charge in [-0.25, -0.2) is 14.0 Å². The Bertz CT molecular complexity index is 1560. The third-order valence-electron chi connectivity index (χ3n) is 5.83. The number of amides is 3. The summed E-state index contributed by atoms with van der Waals surface area (Å²) in [5.74, 6) is -0.914. The predicted molar refractivity (Wildman–Crippen MR) is 132 cm³/mol. The van der Waals surface area contributed by atoms with Crippen molar-refractivity contribution in [3.8, 4) is 5.75 Å². The van der Waals surface area contributed by atoms with Crippen LogP contribution in [0.5, 0.6) is 5.75 Å². The number of nitrogens with zero attached hydrogens (tertiary/aromatic N) is 1. The molecule has 3 amide bonds. The molecule has 3 aromatic carbocycles. The molecule has 1 aromatic heterocycles. The number of carbonyl (C=O) groups is 3. The molecule has 8 nitrogen and oxygen atoms in total. The van der Waals surface area contributed by atoms with E-state index in [4.69, 9.17) is 9.15 Å². The molecule has 37 heavy (non-hydrogen) atoms. The molecule has 1 aliphatic heterocycles. The quantitative estimate of drug-likeness (QED) is 0.217. The maximum absolute atomic E-state index is 13.6. The molecule has 0 atom stereocenters. The molecule has 9 heteroatoms. The van der Waals surface area contributed by atoms with E-state index in [1.807, 2.05) is 30.3 Å². The summed E-state index contributed by atoms with van der Waals surface area (Å²) in [5, 5.41) is 4.31. The number of halogens is 1. The van der Waals surface area contributed by atoms with E-state index in [1.165, 1.54) is 31.4 Å². The molecule has 0 bridgehead atoms. The summed E-state index contributed by atoms with van der Waals surface area (Å²) >= 11 is 0. The van der Waals surface area contributed by atoms with Crippen LogP contribution in [-0.4, -0.2) is 29.9 Å². The number of furan rings is 1. The van der Waals surface area contributed by atoms with Crippen molar-refractivity contribution in [2.45, 2.75) is 13.2 Å². The number of hydrogen-bond donors (Lipinski definition) is 1. The second kappa shape index (κ2) is 9.98. The van der Waals surface area contributed by atoms with Crippen LogP contribution in [0.2, 0.25) is 0 Å². The van der Waals surface area contributed by atoms with E-state index in [2.05, 4.69) is 10.1 Å². The molecule has 0 saturated carbocycles. The Hall–Kier alpha value is -4.92. The van der Waals surface area contributed by atoms with E-state index in [0.29, 0.717) is 16.9 Å². The normalized spacial score (nSPS) is 14.3. The summed E-state index contributed by atoms with van der Waals surface area (Å²) in [6, 6.07) is 19.6. The van der Waals surface area contributed by atoms with E-state index in [1.54, 1.807) is 24.3 Å². The number of fused-ring (bicyclic) bond motifs is 1. The highest BCUT2D eigenvalue weighted by Gasteiger charge is 2.34. The van der Waals surface area contributed by atoms with Crippen molar-refractivity contribution in [2.75, 3.05) is 7.11 Å². The number of ether oxygens (including phenoxy) is 2. The molecule has 1 saturated heterocycles. The van der Waals surface area contributed by atoms with Gasteiger partial charge in [-0.05, 0) is 52.7 Å². The van der Waals surface area contributed by atoms with Gasteiger partial charge < -0.3 is 19.2 Å². The van der Waals surface area contributed by atoms with Crippen molar-refractivity contribution in [3.05, 3.63) is 107 Å². The lowest BCUT2D eigenvalue weighted by molar-refractivity contribution is -0.123. The van der Waals surface area contributed by atoms with Crippen molar-refractivity contribution >= 4 is 34.8 Å². The van der Waals surface area contributed by atoms with E-state index in [-0.39, 0.29) is 36.2 Å². The van der Waals surface area contributed by atoms with Gasteiger partial charge in [0.15, 0.2) is 0 Å². The first-order valence-corrected chi connectivity index (χ1v) is 11.3. The molecule has 4 aromatic rings. The minimum atomic E-state index is -0.661. The highest BCUT2D eigenvalue weighted by molar-refractivity contribution is 6.14. The van der Waals surface area contributed by atoms with Gasteiger partial charge in [-0.1, -0.05) is 42.5 Å². The van der Waals surface area contributed by atoms with Gasteiger partial charge in [0.05, 0.1) is 13.7 Å². The number of imide groups is 1. The third-order valence-corrected chi connectivity index (χ3v) is 5.83. The zero-order valence-electron chi connectivity index (χ0n) is 19.7. The van der Waals surface area contributed by atoms with Crippen molar-refractivity contribution in [3.63, 3.8) is 0 Å². The average Bonchev–Trinajstić information content (AvgIpc) is 3.48. The van der Waals surface area contributed by atoms with Crippen LogP contribution in [-0.2, 0) is 22.7 Å². The van der Waals surface area contributed by atoms with Crippen LogP contribution >= 0.6 is 0 Å². The molecule has 1 fully saturated rings. The first-order valence-electron chi connectivity index (χ1n) is 11.3. The highest BCUT2D eigenvalue weighted by Crippen LogP contribution is 2.32. The number of hydrogen-bond acceptors (Lipinski definition) is 6. The van der Waals surface area contributed by atoms with Crippen LogP contribution in [0.4, 0.5) is 9.18 Å². The number of esters is 1. The van der Waals surface area contributed by atoms with Gasteiger partial charge in [-0.3, -0.25) is 9.69 Å². The first-order chi connectivity index (χ1) is 17.9. The van der Waals surface area contributed by atoms with Gasteiger partial charge in [0.2, 0.25) is 5.76 Å². The molecule has 0 aliphatic carbocycles. The van der Waals surface area contributed by atoms with E-state index in [9.17, 15) is 18.8 Å². The molecule has 2 heterocycles. The highest BCUT2D eigenvalue weighted by atomic mass is 19.1. The number of nitrogens with one attached hydrogen (secondary N) is 1. The lowest BCUT2D eigenvalue weighted by Crippen LogP contribution is -2.30. The average molecular weight is 500 g/mol. The summed E-state index contributed by atoms with van der Waals surface area (Å²) in [7, 11) is 1.22. The van der Waals surface area contributed by atoms with Gasteiger partial charge in [0, 0.05) is 5.56 Å². The van der Waals surface area contributed by atoms with Gasteiger partial charge in [0.25, 0.3) is 5.91 Å². The molecule has 0 spiro atoms. The Morgan fingerprint density at radius 3 is 2.70 bits per heavy atom. The van der Waals surface area contributed by atoms with Crippen molar-refractivity contribution in [1.29, 1.82) is 0 Å². The molecular weight excluding hydrogens is 479 g/mol. The molecule has 5 rings (SSSR count). The Morgan fingerprint density at radius 1 is 1.05 bits per heavy atom. The van der Waals surface area contributed by atoms with Crippen molar-refractivity contribution in [1.82, 2.24) is 10.2 Å². The van der Waals surface area contributed by atoms with E-state index >= 15 is 0 Å². The Morgan fingerprint density at radius 2 is 1.89 bits per heavy atom. The van der Waals surface area contributed by atoms with Crippen molar-refractivity contribution < 1.29 is 32.7 Å². The van der Waals surface area contributed by atoms with Gasteiger partial charge in [0.1, 0.15) is 29.6 Å². The largest absolute Gasteiger partial charge is 0.488 e. The second-order valence-corrected chi connectivity index (χ2v) is 8.25. The number of urea groups is 1. The van der Waals surface area contributed by atoms with Crippen LogP contribution in [0.3, 0.4) is 0 Å². The SMILES string of the molecule is COC(=O)c1ccc(CN2C(=O)NC(=Cc3c(OCc4cccc(F)c4)ccc4ccccc34)C2=O)o1. The first kappa shape index (κ1) is 23.8. The van der Waals surface area contributed by atoms with Gasteiger partial charge >= 0.3 is 12.0 Å². The minimum Gasteiger partial charge on any atom is -0.488 e. The number of benzene rings is 3. The van der Waals surface area contributed by atoms with E-state index < -0.39 is 17.9 Å². The number of carbonyl (C=O) groups excluding carboxylic acids is 3.